The van der Waals surface area contributed by atoms with Gasteiger partial charge in [-0.05, 0) is 18.9 Å². The standard InChI is InChI=1S/C16H25NO4/c1-12(2)17-10-13-8-15-16(21-11-20-15)9-14(13)19-7-5-4-6-18-3/h8-9,12,17H,4-7,10-11H2,1-3H3. The van der Waals surface area contributed by atoms with Crippen molar-refractivity contribution in [2.45, 2.75) is 39.3 Å². The van der Waals surface area contributed by atoms with Crippen molar-refractivity contribution in [3.05, 3.63) is 17.7 Å². The van der Waals surface area contributed by atoms with Crippen LogP contribution in [0.4, 0.5) is 0 Å². The normalized spacial score (nSPS) is 13.0. The Morgan fingerprint density at radius 3 is 2.57 bits per heavy atom. The topological polar surface area (TPSA) is 49.0 Å². The summed E-state index contributed by atoms with van der Waals surface area (Å²) in [7, 11) is 1.72. The van der Waals surface area contributed by atoms with Crippen molar-refractivity contribution < 1.29 is 18.9 Å². The number of hydrogen-bond donors (Lipinski definition) is 1. The average molecular weight is 295 g/mol. The molecule has 5 nitrogen and oxygen atoms in total. The second-order valence-corrected chi connectivity index (χ2v) is 5.40. The van der Waals surface area contributed by atoms with Crippen LogP contribution in [0.15, 0.2) is 12.1 Å². The molecule has 118 valence electrons. The molecule has 1 aliphatic heterocycles. The summed E-state index contributed by atoms with van der Waals surface area (Å²) in [5, 5.41) is 3.41. The van der Waals surface area contributed by atoms with E-state index in [1.165, 1.54) is 0 Å². The molecule has 0 aliphatic carbocycles. The first-order valence-corrected chi connectivity index (χ1v) is 7.48. The number of ether oxygens (including phenoxy) is 4. The van der Waals surface area contributed by atoms with Crippen LogP contribution in [-0.2, 0) is 11.3 Å². The molecule has 1 aromatic carbocycles. The molecule has 1 aliphatic rings. The van der Waals surface area contributed by atoms with Crippen molar-refractivity contribution in [1.82, 2.24) is 5.32 Å². The van der Waals surface area contributed by atoms with Gasteiger partial charge in [0.25, 0.3) is 0 Å². The second kappa shape index (κ2) is 8.10. The van der Waals surface area contributed by atoms with E-state index in [2.05, 4.69) is 19.2 Å². The van der Waals surface area contributed by atoms with E-state index in [1.807, 2.05) is 12.1 Å². The predicted octanol–water partition coefficient (Wildman–Crippen LogP) is 2.72. The molecule has 0 unspecified atom stereocenters. The number of rotatable bonds is 9. The second-order valence-electron chi connectivity index (χ2n) is 5.40. The summed E-state index contributed by atoms with van der Waals surface area (Å²) in [4.78, 5) is 0. The molecular formula is C16H25NO4. The van der Waals surface area contributed by atoms with Crippen molar-refractivity contribution in [2.75, 3.05) is 27.1 Å². The Kier molecular flexibility index (Phi) is 6.14. The molecule has 1 aromatic rings. The lowest BCUT2D eigenvalue weighted by Crippen LogP contribution is -2.22. The molecule has 2 rings (SSSR count). The van der Waals surface area contributed by atoms with Crippen LogP contribution >= 0.6 is 0 Å². The Hall–Kier alpha value is -1.46. The van der Waals surface area contributed by atoms with E-state index in [0.29, 0.717) is 12.6 Å². The van der Waals surface area contributed by atoms with Gasteiger partial charge in [0.1, 0.15) is 5.75 Å². The third-order valence-corrected chi connectivity index (χ3v) is 3.26. The van der Waals surface area contributed by atoms with Crippen LogP contribution in [0.3, 0.4) is 0 Å². The number of hydrogen-bond acceptors (Lipinski definition) is 5. The lowest BCUT2D eigenvalue weighted by Gasteiger charge is -2.14. The van der Waals surface area contributed by atoms with Crippen LogP contribution in [0, 0.1) is 0 Å². The van der Waals surface area contributed by atoms with Gasteiger partial charge in [-0.1, -0.05) is 13.8 Å². The molecule has 1 N–H and O–H groups in total. The molecule has 0 spiro atoms. The molecule has 0 atom stereocenters. The largest absolute Gasteiger partial charge is 0.493 e. The number of methoxy groups -OCH3 is 1. The van der Waals surface area contributed by atoms with Crippen molar-refractivity contribution in [2.24, 2.45) is 0 Å². The molecule has 0 saturated carbocycles. The van der Waals surface area contributed by atoms with E-state index < -0.39 is 0 Å². The SMILES string of the molecule is COCCCCOc1cc2c(cc1CNC(C)C)OCO2. The summed E-state index contributed by atoms with van der Waals surface area (Å²) in [6.45, 7) is 6.73. The third kappa shape index (κ3) is 4.79. The summed E-state index contributed by atoms with van der Waals surface area (Å²) >= 11 is 0. The fourth-order valence-corrected chi connectivity index (χ4v) is 2.08. The first-order chi connectivity index (χ1) is 10.2. The summed E-state index contributed by atoms with van der Waals surface area (Å²) in [6, 6.07) is 4.35. The van der Waals surface area contributed by atoms with Crippen molar-refractivity contribution in [3.8, 4) is 17.2 Å². The maximum absolute atomic E-state index is 5.91. The zero-order valence-corrected chi connectivity index (χ0v) is 13.1. The van der Waals surface area contributed by atoms with Gasteiger partial charge in [-0.15, -0.1) is 0 Å². The Bertz CT molecular complexity index is 448. The zero-order chi connectivity index (χ0) is 15.1. The minimum Gasteiger partial charge on any atom is -0.493 e. The Morgan fingerprint density at radius 1 is 1.14 bits per heavy atom. The highest BCUT2D eigenvalue weighted by atomic mass is 16.7. The lowest BCUT2D eigenvalue weighted by molar-refractivity contribution is 0.173. The van der Waals surface area contributed by atoms with E-state index in [9.17, 15) is 0 Å². The highest BCUT2D eigenvalue weighted by Crippen LogP contribution is 2.38. The summed E-state index contributed by atoms with van der Waals surface area (Å²) in [5.74, 6) is 2.42. The molecule has 0 saturated heterocycles. The van der Waals surface area contributed by atoms with Crippen molar-refractivity contribution in [1.29, 1.82) is 0 Å². The van der Waals surface area contributed by atoms with Gasteiger partial charge in [0.15, 0.2) is 11.5 Å². The molecule has 0 radical (unpaired) electrons. The Labute approximate surface area is 126 Å². The van der Waals surface area contributed by atoms with Gasteiger partial charge in [-0.2, -0.15) is 0 Å². The highest BCUT2D eigenvalue weighted by molar-refractivity contribution is 5.51. The van der Waals surface area contributed by atoms with Crippen LogP contribution < -0.4 is 19.5 Å². The quantitative estimate of drug-likeness (QED) is 0.710. The van der Waals surface area contributed by atoms with E-state index in [4.69, 9.17) is 18.9 Å². The van der Waals surface area contributed by atoms with E-state index in [1.54, 1.807) is 7.11 Å². The van der Waals surface area contributed by atoms with Gasteiger partial charge in [0.2, 0.25) is 6.79 Å². The summed E-state index contributed by atoms with van der Waals surface area (Å²) in [5.41, 5.74) is 1.10. The summed E-state index contributed by atoms with van der Waals surface area (Å²) < 4.78 is 21.8. The van der Waals surface area contributed by atoms with E-state index >= 15 is 0 Å². The monoisotopic (exact) mass is 295 g/mol. The maximum atomic E-state index is 5.91. The molecule has 0 fully saturated rings. The van der Waals surface area contributed by atoms with Crippen LogP contribution in [-0.4, -0.2) is 33.2 Å². The number of benzene rings is 1. The number of unbranched alkanes of at least 4 members (excludes halogenated alkanes) is 1. The van der Waals surface area contributed by atoms with E-state index in [0.717, 1.165) is 48.8 Å². The van der Waals surface area contributed by atoms with Gasteiger partial charge in [0.05, 0.1) is 6.61 Å². The smallest absolute Gasteiger partial charge is 0.231 e. The Balaban J connectivity index is 1.98. The molecule has 5 heteroatoms. The number of fused-ring (bicyclic) bond motifs is 1. The van der Waals surface area contributed by atoms with Crippen LogP contribution in [0.25, 0.3) is 0 Å². The van der Waals surface area contributed by atoms with Crippen LogP contribution in [0.2, 0.25) is 0 Å². The molecule has 0 bridgehead atoms. The fraction of sp³-hybridized carbons (Fsp3) is 0.625. The predicted molar refractivity (Wildman–Crippen MR) is 81.1 cm³/mol. The van der Waals surface area contributed by atoms with Gasteiger partial charge >= 0.3 is 0 Å². The highest BCUT2D eigenvalue weighted by Gasteiger charge is 2.18. The molecule has 21 heavy (non-hydrogen) atoms. The van der Waals surface area contributed by atoms with Gasteiger partial charge < -0.3 is 24.3 Å². The van der Waals surface area contributed by atoms with E-state index in [-0.39, 0.29) is 6.79 Å². The summed E-state index contributed by atoms with van der Waals surface area (Å²) in [6.07, 6.45) is 1.97. The van der Waals surface area contributed by atoms with Crippen molar-refractivity contribution in [3.63, 3.8) is 0 Å². The third-order valence-electron chi connectivity index (χ3n) is 3.26. The molecule has 0 aromatic heterocycles. The first-order valence-electron chi connectivity index (χ1n) is 7.48. The maximum Gasteiger partial charge on any atom is 0.231 e. The first kappa shape index (κ1) is 15.9. The van der Waals surface area contributed by atoms with Crippen LogP contribution in [0.5, 0.6) is 17.2 Å². The van der Waals surface area contributed by atoms with Gasteiger partial charge in [0, 0.05) is 37.9 Å². The van der Waals surface area contributed by atoms with Gasteiger partial charge in [-0.3, -0.25) is 0 Å². The molecular weight excluding hydrogens is 270 g/mol. The Morgan fingerprint density at radius 2 is 1.86 bits per heavy atom. The molecule has 1 heterocycles. The van der Waals surface area contributed by atoms with Crippen LogP contribution in [0.1, 0.15) is 32.3 Å². The molecule has 0 amide bonds. The minimum absolute atomic E-state index is 0.281. The van der Waals surface area contributed by atoms with Crippen molar-refractivity contribution >= 4 is 0 Å². The lowest BCUT2D eigenvalue weighted by atomic mass is 10.1. The minimum atomic E-state index is 0.281. The average Bonchev–Trinajstić information content (AvgIpc) is 2.91. The van der Waals surface area contributed by atoms with Gasteiger partial charge in [-0.25, -0.2) is 0 Å². The number of nitrogens with one attached hydrogen (secondary N) is 1. The zero-order valence-electron chi connectivity index (χ0n) is 13.1. The fourth-order valence-electron chi connectivity index (χ4n) is 2.08.